The van der Waals surface area contributed by atoms with Crippen molar-refractivity contribution < 1.29 is 14.7 Å². The van der Waals surface area contributed by atoms with Crippen molar-refractivity contribution in [2.24, 2.45) is 5.92 Å². The van der Waals surface area contributed by atoms with Crippen LogP contribution in [-0.2, 0) is 9.59 Å². The SMILES string of the molecule is CC(/C=C1\SC(=S)N(CCCC(=O)O)C1=O)CC(C)c1ccccc1. The summed E-state index contributed by atoms with van der Waals surface area (Å²) in [5, 5.41) is 8.72. The van der Waals surface area contributed by atoms with Crippen LogP contribution in [0.4, 0.5) is 0 Å². The second-order valence-corrected chi connectivity index (χ2v) is 8.05. The van der Waals surface area contributed by atoms with Crippen molar-refractivity contribution in [1.29, 1.82) is 0 Å². The normalized spacial score (nSPS) is 18.6. The molecule has 2 rings (SSSR count). The number of carbonyl (C=O) groups is 2. The minimum atomic E-state index is -0.857. The van der Waals surface area contributed by atoms with Gasteiger partial charge in [0.15, 0.2) is 0 Å². The van der Waals surface area contributed by atoms with Crippen LogP contribution < -0.4 is 0 Å². The molecule has 1 saturated heterocycles. The third-order valence-corrected chi connectivity index (χ3v) is 5.57. The summed E-state index contributed by atoms with van der Waals surface area (Å²) in [6.07, 6.45) is 3.40. The first-order valence-corrected chi connectivity index (χ1v) is 9.63. The summed E-state index contributed by atoms with van der Waals surface area (Å²) < 4.78 is 0.518. The Bertz CT molecular complexity index is 673. The topological polar surface area (TPSA) is 57.6 Å². The van der Waals surface area contributed by atoms with Crippen molar-refractivity contribution in [3.63, 3.8) is 0 Å². The summed E-state index contributed by atoms with van der Waals surface area (Å²) in [5.74, 6) is -0.291. The number of carboxylic acids is 1. The molecule has 134 valence electrons. The maximum absolute atomic E-state index is 12.5. The van der Waals surface area contributed by atoms with Crippen LogP contribution in [0.5, 0.6) is 0 Å². The molecule has 1 N–H and O–H groups in total. The number of amides is 1. The van der Waals surface area contributed by atoms with E-state index >= 15 is 0 Å². The van der Waals surface area contributed by atoms with Gasteiger partial charge < -0.3 is 5.11 Å². The molecule has 0 radical (unpaired) electrons. The number of rotatable bonds is 8. The number of carboxylic acid groups (broad SMARTS) is 1. The van der Waals surface area contributed by atoms with E-state index in [2.05, 4.69) is 26.0 Å². The molecule has 2 unspecified atom stereocenters. The van der Waals surface area contributed by atoms with Crippen molar-refractivity contribution >= 4 is 40.2 Å². The summed E-state index contributed by atoms with van der Waals surface area (Å²) in [6.45, 7) is 4.66. The zero-order chi connectivity index (χ0) is 18.4. The summed E-state index contributed by atoms with van der Waals surface area (Å²) in [6, 6.07) is 10.3. The van der Waals surface area contributed by atoms with Crippen LogP contribution in [0.1, 0.15) is 44.6 Å². The number of carbonyl (C=O) groups excluding carboxylic acids is 1. The van der Waals surface area contributed by atoms with Crippen LogP contribution in [0.25, 0.3) is 0 Å². The molecular weight excluding hydrogens is 354 g/mol. The van der Waals surface area contributed by atoms with E-state index in [0.717, 1.165) is 6.42 Å². The molecule has 0 bridgehead atoms. The van der Waals surface area contributed by atoms with Gasteiger partial charge in [0.25, 0.3) is 5.91 Å². The van der Waals surface area contributed by atoms with Crippen molar-refractivity contribution in [2.45, 2.75) is 39.0 Å². The fourth-order valence-corrected chi connectivity index (χ4v) is 4.31. The number of aliphatic carboxylic acids is 1. The maximum Gasteiger partial charge on any atom is 0.303 e. The molecule has 1 heterocycles. The molecule has 25 heavy (non-hydrogen) atoms. The number of hydrogen-bond donors (Lipinski definition) is 1. The summed E-state index contributed by atoms with van der Waals surface area (Å²) in [5.41, 5.74) is 1.30. The number of benzene rings is 1. The smallest absolute Gasteiger partial charge is 0.303 e. The zero-order valence-electron chi connectivity index (χ0n) is 14.5. The summed E-state index contributed by atoms with van der Waals surface area (Å²) in [7, 11) is 0. The molecule has 4 nitrogen and oxygen atoms in total. The van der Waals surface area contributed by atoms with Gasteiger partial charge in [-0.25, -0.2) is 0 Å². The Hall–Kier alpha value is -1.66. The Kier molecular flexibility index (Phi) is 7.20. The standard InChI is InChI=1S/C19H23NO3S2/c1-13(11-14(2)15-7-4-3-5-8-15)12-16-18(23)20(19(24)25-16)10-6-9-17(21)22/h3-5,7-8,12-14H,6,9-11H2,1-2H3,(H,21,22)/b16-12-. The first-order valence-electron chi connectivity index (χ1n) is 8.40. The van der Waals surface area contributed by atoms with Crippen LogP contribution in [-0.4, -0.2) is 32.7 Å². The van der Waals surface area contributed by atoms with E-state index in [1.54, 1.807) is 0 Å². The highest BCUT2D eigenvalue weighted by atomic mass is 32.2. The molecule has 0 spiro atoms. The molecule has 1 aliphatic rings. The third-order valence-electron chi connectivity index (χ3n) is 4.18. The number of thiocarbonyl (C=S) groups is 1. The highest BCUT2D eigenvalue weighted by molar-refractivity contribution is 8.26. The van der Waals surface area contributed by atoms with E-state index in [9.17, 15) is 9.59 Å². The van der Waals surface area contributed by atoms with Gasteiger partial charge in [0.2, 0.25) is 0 Å². The van der Waals surface area contributed by atoms with Crippen LogP contribution >= 0.6 is 24.0 Å². The van der Waals surface area contributed by atoms with E-state index in [1.165, 1.54) is 22.2 Å². The minimum absolute atomic E-state index is 0.0428. The van der Waals surface area contributed by atoms with E-state index in [1.807, 2.05) is 24.3 Å². The van der Waals surface area contributed by atoms with Crippen LogP contribution in [0.3, 0.4) is 0 Å². The summed E-state index contributed by atoms with van der Waals surface area (Å²) in [4.78, 5) is 25.3. The molecule has 0 saturated carbocycles. The van der Waals surface area contributed by atoms with E-state index < -0.39 is 5.97 Å². The van der Waals surface area contributed by atoms with E-state index in [-0.39, 0.29) is 18.2 Å². The predicted octanol–water partition coefficient (Wildman–Crippen LogP) is 4.43. The van der Waals surface area contributed by atoms with Gasteiger partial charge in [0.1, 0.15) is 4.32 Å². The molecule has 1 aliphatic heterocycles. The second kappa shape index (κ2) is 9.15. The Morgan fingerprint density at radius 1 is 1.32 bits per heavy atom. The number of thioether (sulfide) groups is 1. The molecule has 6 heteroatoms. The Balaban J connectivity index is 1.94. The van der Waals surface area contributed by atoms with Gasteiger partial charge in [-0.2, -0.15) is 0 Å². The Labute approximate surface area is 158 Å². The molecule has 1 fully saturated rings. The van der Waals surface area contributed by atoms with E-state index in [4.69, 9.17) is 17.3 Å². The third kappa shape index (κ3) is 5.68. The van der Waals surface area contributed by atoms with Crippen molar-refractivity contribution in [2.75, 3.05) is 6.54 Å². The molecule has 1 aromatic rings. The largest absolute Gasteiger partial charge is 0.481 e. The van der Waals surface area contributed by atoms with Gasteiger partial charge in [-0.05, 0) is 30.2 Å². The van der Waals surface area contributed by atoms with Crippen molar-refractivity contribution in [3.05, 3.63) is 46.9 Å². The van der Waals surface area contributed by atoms with Crippen molar-refractivity contribution in [3.8, 4) is 0 Å². The molecule has 1 amide bonds. The van der Waals surface area contributed by atoms with Gasteiger partial charge in [-0.3, -0.25) is 14.5 Å². The van der Waals surface area contributed by atoms with Gasteiger partial charge in [-0.1, -0.05) is 74.2 Å². The van der Waals surface area contributed by atoms with Gasteiger partial charge in [0, 0.05) is 13.0 Å². The van der Waals surface area contributed by atoms with Gasteiger partial charge in [-0.15, -0.1) is 0 Å². The average molecular weight is 378 g/mol. The van der Waals surface area contributed by atoms with Crippen LogP contribution in [0.2, 0.25) is 0 Å². The van der Waals surface area contributed by atoms with Crippen LogP contribution in [0, 0.1) is 5.92 Å². The molecule has 1 aromatic carbocycles. The first kappa shape index (κ1) is 19.7. The molecular formula is C19H23NO3S2. The highest BCUT2D eigenvalue weighted by Gasteiger charge is 2.32. The second-order valence-electron chi connectivity index (χ2n) is 6.38. The lowest BCUT2D eigenvalue weighted by Gasteiger charge is -2.15. The summed E-state index contributed by atoms with van der Waals surface area (Å²) >= 11 is 6.58. The number of nitrogens with zero attached hydrogens (tertiary/aromatic N) is 1. The fourth-order valence-electron chi connectivity index (χ4n) is 2.90. The quantitative estimate of drug-likeness (QED) is 0.537. The predicted molar refractivity (Wildman–Crippen MR) is 105 cm³/mol. The monoisotopic (exact) mass is 377 g/mol. The lowest BCUT2D eigenvalue weighted by molar-refractivity contribution is -0.137. The lowest BCUT2D eigenvalue weighted by atomic mass is 9.91. The average Bonchev–Trinajstić information content (AvgIpc) is 2.82. The first-order chi connectivity index (χ1) is 11.9. The zero-order valence-corrected chi connectivity index (χ0v) is 16.1. The highest BCUT2D eigenvalue weighted by Crippen LogP contribution is 2.33. The van der Waals surface area contributed by atoms with E-state index in [0.29, 0.717) is 28.1 Å². The minimum Gasteiger partial charge on any atom is -0.481 e. The lowest BCUT2D eigenvalue weighted by Crippen LogP contribution is -2.29. The van der Waals surface area contributed by atoms with Crippen molar-refractivity contribution in [1.82, 2.24) is 4.90 Å². The van der Waals surface area contributed by atoms with Gasteiger partial charge >= 0.3 is 5.97 Å². The molecule has 0 aliphatic carbocycles. The Morgan fingerprint density at radius 2 is 2.00 bits per heavy atom. The molecule has 0 aromatic heterocycles. The number of hydrogen-bond acceptors (Lipinski definition) is 4. The fraction of sp³-hybridized carbons (Fsp3) is 0.421. The Morgan fingerprint density at radius 3 is 2.64 bits per heavy atom. The molecule has 2 atom stereocenters. The number of allylic oxidation sites excluding steroid dienone is 1. The maximum atomic E-state index is 12.5. The van der Waals surface area contributed by atoms with Gasteiger partial charge in [0.05, 0.1) is 4.91 Å². The van der Waals surface area contributed by atoms with Crippen LogP contribution in [0.15, 0.2) is 41.3 Å².